The second kappa shape index (κ2) is 42.2. The second-order valence-electron chi connectivity index (χ2n) is 18.5. The maximum absolute atomic E-state index is 11.2. The number of nitrogens with one attached hydrogen (secondary N) is 3. The average Bonchev–Trinajstić information content (AvgIpc) is 1.03. The van der Waals surface area contributed by atoms with Crippen LogP contribution < -0.4 is 40.6 Å². The van der Waals surface area contributed by atoms with Crippen molar-refractivity contribution in [2.24, 2.45) is 0 Å². The zero-order valence-electron chi connectivity index (χ0n) is 52.3. The number of amides is 2. The molecule has 0 atom stereocenters. The normalized spacial score (nSPS) is 11.0. The number of ether oxygens (including phenoxy) is 10. The van der Waals surface area contributed by atoms with Crippen molar-refractivity contribution in [3.8, 4) is 28.7 Å². The first kappa shape index (κ1) is 79.1. The van der Waals surface area contributed by atoms with Crippen molar-refractivity contribution in [3.05, 3.63) is 173 Å². The van der Waals surface area contributed by atoms with Crippen LogP contribution in [-0.4, -0.2) is 130 Å². The summed E-state index contributed by atoms with van der Waals surface area (Å²) in [5, 5.41) is 55.8. The molecule has 0 bridgehead atoms. The first-order valence-electron chi connectivity index (χ1n) is 28.5. The summed E-state index contributed by atoms with van der Waals surface area (Å²) in [6.07, 6.45) is -0.251. The van der Waals surface area contributed by atoms with E-state index in [0.717, 1.165) is 35.4 Å². The number of benzene rings is 6. The minimum Gasteiger partial charge on any atom is -0.508 e. The van der Waals surface area contributed by atoms with Crippen molar-refractivity contribution in [1.82, 2.24) is 10.2 Å². The quantitative estimate of drug-likeness (QED) is 0.00622. The van der Waals surface area contributed by atoms with E-state index in [-0.39, 0.29) is 98.8 Å². The number of aliphatic hydroxyl groups is 1. The molecule has 1 aromatic heterocycles. The maximum atomic E-state index is 11.2. The summed E-state index contributed by atoms with van der Waals surface area (Å²) in [5.74, 6) is 0.312. The number of aliphatic hydroxyl groups excluding tert-OH is 1. The van der Waals surface area contributed by atoms with Gasteiger partial charge in [0.2, 0.25) is 0 Å². The number of aldehydes is 2. The lowest BCUT2D eigenvalue weighted by Crippen LogP contribution is -2.20. The standard InChI is InChI=1S/C17H12Cl2N4O4.C12H13NO5.C11H11NO6.C11H15NO4.C7H5NO4.C4H7BrO2/c18-12-3-1-10(6-13(12)19)20-16-23-22-15(27-16)8-25-11-2-4-14-9(5-11)7-26-17(24)21-14;1-2-16-11(14)7-17-9-3-4-10-8(5-9)6-18-12(15)13-10;1-2-17-11(14)7-18-9-3-4-10(12(15)16)8(5-9)6-13;1-2-15-11(14)7-16-9-3-4-10(12)8(5-9)6-13;9-4-5-3-6(10)1-2-7(5)8(11)12;1-2-7-4(6)3-5/h1-6H,7-8H2,(H,20,23)(H,21,24);3-5H,2,6-7H2,1H3,(H,13,15);3-6H,2,7H2,1H3;3-5,13H,2,6-7,12H2,1H3;1-4,10H;2-3H2,1H3. The molecule has 522 valence electrons. The van der Waals surface area contributed by atoms with Crippen molar-refractivity contribution in [3.63, 3.8) is 0 Å². The topological polar surface area (TPSA) is 457 Å². The number of nitro groups is 2. The summed E-state index contributed by atoms with van der Waals surface area (Å²) in [5.41, 5.74) is 9.48. The Morgan fingerprint density at radius 3 is 1.55 bits per heavy atom. The Balaban J connectivity index is 0.000000260. The van der Waals surface area contributed by atoms with Crippen molar-refractivity contribution in [2.45, 2.75) is 54.1 Å². The van der Waals surface area contributed by atoms with E-state index in [1.165, 1.54) is 12.1 Å². The van der Waals surface area contributed by atoms with Crippen LogP contribution >= 0.6 is 39.1 Å². The summed E-state index contributed by atoms with van der Waals surface area (Å²) in [4.78, 5) is 106. The lowest BCUT2D eigenvalue weighted by Gasteiger charge is -2.18. The fourth-order valence-corrected chi connectivity index (χ4v) is 7.77. The van der Waals surface area contributed by atoms with Gasteiger partial charge in [0.25, 0.3) is 17.3 Å². The molecule has 7 N–H and O–H groups in total. The van der Waals surface area contributed by atoms with E-state index in [1.807, 2.05) is 0 Å². The Bertz CT molecular complexity index is 3900. The highest BCUT2D eigenvalue weighted by molar-refractivity contribution is 9.09. The Hall–Kier alpha value is -11.4. The van der Waals surface area contributed by atoms with Crippen LogP contribution in [0.1, 0.15) is 71.0 Å². The number of anilines is 5. The number of phenolic OH excluding ortho intramolecular Hbond substituents is 1. The molecule has 7 aromatic rings. The molecule has 33 nitrogen and oxygen atoms in total. The molecule has 0 saturated heterocycles. The molecule has 0 saturated carbocycles. The predicted molar refractivity (Wildman–Crippen MR) is 351 cm³/mol. The molecule has 36 heteroatoms. The number of nitrogens with two attached hydrogens (primary N) is 1. The largest absolute Gasteiger partial charge is 0.508 e. The number of cyclic esters (lactones) is 2. The molecule has 3 heterocycles. The Morgan fingerprint density at radius 1 is 0.622 bits per heavy atom. The molecule has 0 radical (unpaired) electrons. The molecule has 6 aromatic carbocycles. The Labute approximate surface area is 575 Å². The molecule has 2 aliphatic rings. The monoisotopic (exact) mass is 1470 g/mol. The molecule has 0 aliphatic carbocycles. The number of nitrogen functional groups attached to an aromatic ring is 1. The number of fused-ring (bicyclic) bond motifs is 2. The van der Waals surface area contributed by atoms with Gasteiger partial charge in [0.05, 0.1) is 75.4 Å². The molecule has 98 heavy (non-hydrogen) atoms. The van der Waals surface area contributed by atoms with Crippen LogP contribution in [0.2, 0.25) is 10.0 Å². The second-order valence-corrected chi connectivity index (χ2v) is 19.9. The van der Waals surface area contributed by atoms with Crippen molar-refractivity contribution in [1.29, 1.82) is 0 Å². The number of hydrogen-bond acceptors (Lipinski definition) is 29. The number of carbonyl (C=O) groups is 8. The number of nitro benzene ring substituents is 2. The third kappa shape index (κ3) is 27.9. The molecule has 0 fully saturated rings. The van der Waals surface area contributed by atoms with Crippen molar-refractivity contribution < 1.29 is 110 Å². The number of nitrogens with zero attached hydrogens (tertiary/aromatic N) is 4. The summed E-state index contributed by atoms with van der Waals surface area (Å²) < 4.78 is 55.0. The smallest absolute Gasteiger partial charge is 0.411 e. The molecule has 9 rings (SSSR count). The number of halogens is 3. The van der Waals surface area contributed by atoms with Crippen molar-refractivity contribution in [2.75, 3.05) is 73.3 Å². The number of aromatic nitrogens is 2. The molecule has 0 spiro atoms. The van der Waals surface area contributed by atoms with Gasteiger partial charge in [-0.15, -0.1) is 5.10 Å². The molecule has 0 unspecified atom stereocenters. The van der Waals surface area contributed by atoms with Gasteiger partial charge in [0.15, 0.2) is 39.0 Å². The van der Waals surface area contributed by atoms with Gasteiger partial charge >= 0.3 is 42.1 Å². The van der Waals surface area contributed by atoms with E-state index in [1.54, 1.807) is 100 Å². The van der Waals surface area contributed by atoms with Crippen LogP contribution in [0, 0.1) is 20.2 Å². The van der Waals surface area contributed by atoms with Gasteiger partial charge in [-0.3, -0.25) is 45.2 Å². The maximum Gasteiger partial charge on any atom is 0.411 e. The van der Waals surface area contributed by atoms with Gasteiger partial charge in [-0.1, -0.05) is 44.2 Å². The van der Waals surface area contributed by atoms with Gasteiger partial charge < -0.3 is 73.0 Å². The zero-order chi connectivity index (χ0) is 72.1. The number of esters is 4. The van der Waals surface area contributed by atoms with Gasteiger partial charge in [0, 0.05) is 40.2 Å². The van der Waals surface area contributed by atoms with Gasteiger partial charge in [-0.05, 0) is 125 Å². The van der Waals surface area contributed by atoms with Crippen LogP contribution in [0.4, 0.5) is 49.7 Å². The first-order valence-corrected chi connectivity index (χ1v) is 30.4. The zero-order valence-corrected chi connectivity index (χ0v) is 55.4. The van der Waals surface area contributed by atoms with Crippen LogP contribution in [0.5, 0.6) is 28.7 Å². The van der Waals surface area contributed by atoms with Crippen LogP contribution in [-0.2, 0) is 74.0 Å². The molecule has 2 amide bonds. The van der Waals surface area contributed by atoms with E-state index in [2.05, 4.69) is 51.6 Å². The SMILES string of the molecule is CCOC(=O)CBr.CCOC(=O)COc1ccc(N)c(CO)c1.CCOC(=O)COc1ccc([N+](=O)[O-])c(C=O)c1.CCOC(=O)COc1ccc2c(c1)COC(=O)N2.O=C1Nc2ccc(OCc3nnc(Nc4ccc(Cl)c(Cl)c4)o3)cc2CO1.O=Cc1cc(O)ccc1[N+](=O)[O-]. The number of hydrogen-bond donors (Lipinski definition) is 6. The summed E-state index contributed by atoms with van der Waals surface area (Å²) in [6.45, 7) is 7.95. The van der Waals surface area contributed by atoms with Gasteiger partial charge in [-0.2, -0.15) is 0 Å². The highest BCUT2D eigenvalue weighted by atomic mass is 79.9. The lowest BCUT2D eigenvalue weighted by atomic mass is 10.1. The minimum absolute atomic E-state index is 0.0854. The van der Waals surface area contributed by atoms with Crippen LogP contribution in [0.15, 0.2) is 114 Å². The number of alkyl halides is 1. The van der Waals surface area contributed by atoms with Crippen LogP contribution in [0.25, 0.3) is 0 Å². The minimum atomic E-state index is -0.677. The van der Waals surface area contributed by atoms with Gasteiger partial charge in [-0.25, -0.2) is 24.0 Å². The van der Waals surface area contributed by atoms with Crippen molar-refractivity contribution >= 4 is 128 Å². The predicted octanol–water partition coefficient (Wildman–Crippen LogP) is 10.6. The van der Waals surface area contributed by atoms with Crippen LogP contribution in [0.3, 0.4) is 0 Å². The first-order chi connectivity index (χ1) is 47.0. The number of carbonyl (C=O) groups excluding carboxylic acids is 8. The van der Waals surface area contributed by atoms with E-state index < -0.39 is 39.9 Å². The summed E-state index contributed by atoms with van der Waals surface area (Å²) >= 11 is 14.8. The fraction of sp³-hybridized carbons (Fsp3) is 0.258. The third-order valence-corrected chi connectivity index (χ3v) is 12.9. The summed E-state index contributed by atoms with van der Waals surface area (Å²) in [6, 6.07) is 27.4. The van der Waals surface area contributed by atoms with Gasteiger partial charge in [0.1, 0.15) is 47.3 Å². The third-order valence-electron chi connectivity index (χ3n) is 11.7. The van der Waals surface area contributed by atoms with E-state index in [0.29, 0.717) is 99.2 Å². The Kier molecular flexibility index (Phi) is 34.0. The number of phenols is 1. The summed E-state index contributed by atoms with van der Waals surface area (Å²) in [7, 11) is 0. The average molecular weight is 1470 g/mol. The number of aromatic hydroxyl groups is 1. The lowest BCUT2D eigenvalue weighted by molar-refractivity contribution is -0.385. The highest BCUT2D eigenvalue weighted by Crippen LogP contribution is 2.30. The molecular weight excluding hydrogens is 1410 g/mol. The van der Waals surface area contributed by atoms with E-state index in [9.17, 15) is 58.6 Å². The molecular formula is C62H63BrCl2N8O25. The Morgan fingerprint density at radius 2 is 1.08 bits per heavy atom. The molecule has 2 aliphatic heterocycles. The van der Waals surface area contributed by atoms with E-state index in [4.69, 9.17) is 81.5 Å². The highest BCUT2D eigenvalue weighted by Gasteiger charge is 2.20. The fourth-order valence-electron chi connectivity index (χ4n) is 7.31. The van der Waals surface area contributed by atoms with E-state index >= 15 is 0 Å². The number of rotatable bonds is 24.